The van der Waals surface area contributed by atoms with Gasteiger partial charge in [0.2, 0.25) is 0 Å². The van der Waals surface area contributed by atoms with E-state index in [1.165, 1.54) is 64.2 Å². The highest BCUT2D eigenvalue weighted by Gasteiger charge is 2.25. The smallest absolute Gasteiger partial charge is 0.389 e. The summed E-state index contributed by atoms with van der Waals surface area (Å²) in [5.41, 5.74) is 0. The molecule has 1 N–H and O–H groups in total. The van der Waals surface area contributed by atoms with Gasteiger partial charge in [-0.05, 0) is 12.8 Å². The van der Waals surface area contributed by atoms with E-state index < -0.39 is 12.6 Å². The maximum absolute atomic E-state index is 11.9. The van der Waals surface area contributed by atoms with Gasteiger partial charge in [0.25, 0.3) is 0 Å². The van der Waals surface area contributed by atoms with Crippen LogP contribution in [0.5, 0.6) is 0 Å². The molecule has 0 atom stereocenters. The SMILES string of the molecule is OCCCCCCCCCCCCCCCCCCC(F)(F)F. The molecule has 4 heteroatoms. The summed E-state index contributed by atoms with van der Waals surface area (Å²) in [6.45, 7) is 0.327. The average Bonchev–Trinajstić information content (AvgIpc) is 2.49. The average molecular weight is 338 g/mol. The first kappa shape index (κ1) is 22.8. The summed E-state index contributed by atoms with van der Waals surface area (Å²) in [7, 11) is 0. The molecule has 1 nitrogen and oxygen atoms in total. The number of aliphatic hydroxyl groups excluding tert-OH is 1. The van der Waals surface area contributed by atoms with E-state index in [4.69, 9.17) is 5.11 Å². The molecule has 0 bridgehead atoms. The number of aliphatic hydroxyl groups is 1. The molecule has 140 valence electrons. The molecule has 0 aromatic rings. The lowest BCUT2D eigenvalue weighted by molar-refractivity contribution is -0.135. The molecular formula is C19H37F3O. The van der Waals surface area contributed by atoms with Crippen LogP contribution in [0.2, 0.25) is 0 Å². The van der Waals surface area contributed by atoms with Crippen LogP contribution in [0.3, 0.4) is 0 Å². The van der Waals surface area contributed by atoms with Crippen LogP contribution in [0.25, 0.3) is 0 Å². The van der Waals surface area contributed by atoms with Crippen LogP contribution in [0, 0.1) is 0 Å². The molecule has 0 unspecified atom stereocenters. The van der Waals surface area contributed by atoms with E-state index in [1.54, 1.807) is 0 Å². The Hall–Kier alpha value is -0.250. The summed E-state index contributed by atoms with van der Waals surface area (Å²) in [6.07, 6.45) is 13.4. The Labute approximate surface area is 141 Å². The van der Waals surface area contributed by atoms with Crippen molar-refractivity contribution in [2.24, 2.45) is 0 Å². The van der Waals surface area contributed by atoms with E-state index in [-0.39, 0.29) is 0 Å². The molecule has 0 spiro atoms. The molecular weight excluding hydrogens is 301 g/mol. The lowest BCUT2D eigenvalue weighted by Gasteiger charge is -2.05. The highest BCUT2D eigenvalue weighted by atomic mass is 19.4. The summed E-state index contributed by atoms with van der Waals surface area (Å²) in [4.78, 5) is 0. The van der Waals surface area contributed by atoms with Gasteiger partial charge in [0.15, 0.2) is 0 Å². The standard InChI is InChI=1S/C19H37F3O/c20-19(21,22)17-15-13-11-9-7-5-3-1-2-4-6-8-10-12-14-16-18-23/h23H,1-18H2. The van der Waals surface area contributed by atoms with Gasteiger partial charge >= 0.3 is 6.18 Å². The first-order chi connectivity index (χ1) is 11.1. The van der Waals surface area contributed by atoms with Crippen molar-refractivity contribution in [2.45, 2.75) is 115 Å². The molecule has 0 aliphatic rings. The number of rotatable bonds is 17. The van der Waals surface area contributed by atoms with Gasteiger partial charge in [0, 0.05) is 13.0 Å². The van der Waals surface area contributed by atoms with Gasteiger partial charge in [-0.3, -0.25) is 0 Å². The summed E-state index contributed by atoms with van der Waals surface area (Å²) in [5.74, 6) is 0. The minimum atomic E-state index is -3.97. The third-order valence-electron chi connectivity index (χ3n) is 4.37. The molecule has 0 amide bonds. The number of hydrogen-bond acceptors (Lipinski definition) is 1. The fourth-order valence-electron chi connectivity index (χ4n) is 2.91. The third-order valence-corrected chi connectivity index (χ3v) is 4.37. The number of hydrogen-bond donors (Lipinski definition) is 1. The molecule has 0 radical (unpaired) electrons. The van der Waals surface area contributed by atoms with Gasteiger partial charge in [-0.25, -0.2) is 0 Å². The maximum Gasteiger partial charge on any atom is 0.389 e. The zero-order valence-electron chi connectivity index (χ0n) is 14.8. The second kappa shape index (κ2) is 16.6. The quantitative estimate of drug-likeness (QED) is 0.279. The molecule has 0 saturated heterocycles. The van der Waals surface area contributed by atoms with Crippen LogP contribution in [0.15, 0.2) is 0 Å². The van der Waals surface area contributed by atoms with E-state index in [9.17, 15) is 13.2 Å². The van der Waals surface area contributed by atoms with Gasteiger partial charge in [0.1, 0.15) is 0 Å². The van der Waals surface area contributed by atoms with Crippen molar-refractivity contribution in [3.8, 4) is 0 Å². The van der Waals surface area contributed by atoms with E-state index >= 15 is 0 Å². The van der Waals surface area contributed by atoms with Crippen molar-refractivity contribution < 1.29 is 18.3 Å². The van der Waals surface area contributed by atoms with Crippen molar-refractivity contribution >= 4 is 0 Å². The Kier molecular flexibility index (Phi) is 16.4. The lowest BCUT2D eigenvalue weighted by atomic mass is 10.0. The predicted molar refractivity (Wildman–Crippen MR) is 91.6 cm³/mol. The van der Waals surface area contributed by atoms with Crippen molar-refractivity contribution in [2.75, 3.05) is 6.61 Å². The molecule has 0 rings (SSSR count). The highest BCUT2D eigenvalue weighted by Crippen LogP contribution is 2.23. The summed E-state index contributed by atoms with van der Waals surface area (Å²) in [5, 5.41) is 8.67. The Bertz CT molecular complexity index is 229. The van der Waals surface area contributed by atoms with Gasteiger partial charge in [-0.1, -0.05) is 89.9 Å². The van der Waals surface area contributed by atoms with Gasteiger partial charge < -0.3 is 5.11 Å². The van der Waals surface area contributed by atoms with Crippen LogP contribution < -0.4 is 0 Å². The molecule has 0 aromatic heterocycles. The fraction of sp³-hybridized carbons (Fsp3) is 1.00. The molecule has 0 heterocycles. The largest absolute Gasteiger partial charge is 0.396 e. The van der Waals surface area contributed by atoms with Crippen molar-refractivity contribution in [3.05, 3.63) is 0 Å². The molecule has 23 heavy (non-hydrogen) atoms. The maximum atomic E-state index is 11.9. The number of halogens is 3. The molecule has 0 aliphatic carbocycles. The molecule has 0 aromatic carbocycles. The monoisotopic (exact) mass is 338 g/mol. The van der Waals surface area contributed by atoms with E-state index in [0.29, 0.717) is 13.0 Å². The van der Waals surface area contributed by atoms with Crippen LogP contribution >= 0.6 is 0 Å². The first-order valence-corrected chi connectivity index (χ1v) is 9.74. The zero-order valence-corrected chi connectivity index (χ0v) is 14.8. The van der Waals surface area contributed by atoms with E-state index in [1.807, 2.05) is 0 Å². The topological polar surface area (TPSA) is 20.2 Å². The van der Waals surface area contributed by atoms with Gasteiger partial charge in [-0.2, -0.15) is 13.2 Å². The van der Waals surface area contributed by atoms with Crippen LogP contribution in [-0.4, -0.2) is 17.9 Å². The van der Waals surface area contributed by atoms with E-state index in [0.717, 1.165) is 32.1 Å². The summed E-state index contributed by atoms with van der Waals surface area (Å²) in [6, 6.07) is 0. The Morgan fingerprint density at radius 3 is 0.957 bits per heavy atom. The third kappa shape index (κ3) is 21.8. The van der Waals surface area contributed by atoms with Crippen LogP contribution in [-0.2, 0) is 0 Å². The Balaban J connectivity index is 3.00. The minimum absolute atomic E-state index is 0.295. The molecule has 0 aliphatic heterocycles. The van der Waals surface area contributed by atoms with E-state index in [2.05, 4.69) is 0 Å². The Morgan fingerprint density at radius 1 is 0.435 bits per heavy atom. The molecule has 0 saturated carbocycles. The number of alkyl halides is 3. The van der Waals surface area contributed by atoms with Gasteiger partial charge in [0.05, 0.1) is 0 Å². The second-order valence-electron chi connectivity index (χ2n) is 6.75. The lowest BCUT2D eigenvalue weighted by Crippen LogP contribution is -2.06. The summed E-state index contributed by atoms with van der Waals surface area (Å²) >= 11 is 0. The zero-order chi connectivity index (χ0) is 17.2. The highest BCUT2D eigenvalue weighted by molar-refractivity contribution is 4.53. The van der Waals surface area contributed by atoms with Crippen molar-refractivity contribution in [1.82, 2.24) is 0 Å². The van der Waals surface area contributed by atoms with Crippen molar-refractivity contribution in [3.63, 3.8) is 0 Å². The predicted octanol–water partition coefficient (Wildman–Crippen LogP) is 7.17. The van der Waals surface area contributed by atoms with Crippen molar-refractivity contribution in [1.29, 1.82) is 0 Å². The van der Waals surface area contributed by atoms with Gasteiger partial charge in [-0.15, -0.1) is 0 Å². The first-order valence-electron chi connectivity index (χ1n) is 9.74. The van der Waals surface area contributed by atoms with Crippen LogP contribution in [0.4, 0.5) is 13.2 Å². The Morgan fingerprint density at radius 2 is 0.696 bits per heavy atom. The van der Waals surface area contributed by atoms with Crippen LogP contribution in [0.1, 0.15) is 109 Å². The molecule has 0 fully saturated rings. The summed E-state index contributed by atoms with van der Waals surface area (Å²) < 4.78 is 35.8. The normalized spacial score (nSPS) is 12.0. The minimum Gasteiger partial charge on any atom is -0.396 e. The fourth-order valence-corrected chi connectivity index (χ4v) is 2.91. The number of unbranched alkanes of at least 4 members (excludes halogenated alkanes) is 15. The second-order valence-corrected chi connectivity index (χ2v) is 6.75.